The van der Waals surface area contributed by atoms with Crippen molar-refractivity contribution in [1.29, 1.82) is 0 Å². The molecule has 0 aliphatic carbocycles. The van der Waals surface area contributed by atoms with Gasteiger partial charge in [-0.05, 0) is 6.42 Å². The van der Waals surface area contributed by atoms with Gasteiger partial charge < -0.3 is 4.74 Å². The minimum absolute atomic E-state index is 0.0301. The Morgan fingerprint density at radius 1 is 1.42 bits per heavy atom. The predicted octanol–water partition coefficient (Wildman–Crippen LogP) is 0.374. The highest BCUT2D eigenvalue weighted by atomic mass is 32.2. The molecule has 5 heteroatoms. The third kappa shape index (κ3) is 7.53. The maximum absolute atomic E-state index is 10.7. The first-order chi connectivity index (χ1) is 5.45. The molecule has 0 rings (SSSR count). The fourth-order valence-corrected chi connectivity index (χ4v) is 0.969. The molecule has 0 spiro atoms. The summed E-state index contributed by atoms with van der Waals surface area (Å²) in [4.78, 5) is 10.7. The van der Waals surface area contributed by atoms with E-state index in [9.17, 15) is 13.2 Å². The van der Waals surface area contributed by atoms with Gasteiger partial charge >= 0.3 is 5.97 Å². The van der Waals surface area contributed by atoms with Crippen molar-refractivity contribution in [2.75, 3.05) is 18.6 Å². The van der Waals surface area contributed by atoms with E-state index < -0.39 is 9.84 Å². The summed E-state index contributed by atoms with van der Waals surface area (Å²) in [6, 6.07) is 0. The number of rotatable bonds is 5. The van der Waals surface area contributed by atoms with Gasteiger partial charge in [-0.25, -0.2) is 8.42 Å². The molecule has 4 nitrogen and oxygen atoms in total. The lowest BCUT2D eigenvalue weighted by atomic mass is 10.3. The van der Waals surface area contributed by atoms with E-state index in [4.69, 9.17) is 0 Å². The maximum atomic E-state index is 10.7. The number of ether oxygens (including phenoxy) is 1. The van der Waals surface area contributed by atoms with Gasteiger partial charge in [0.25, 0.3) is 0 Å². The second-order valence-electron chi connectivity index (χ2n) is 2.60. The summed E-state index contributed by atoms with van der Waals surface area (Å²) in [6.07, 6.45) is 2.18. The van der Waals surface area contributed by atoms with Gasteiger partial charge in [0.15, 0.2) is 9.84 Å². The Hall–Kier alpha value is -0.580. The Bertz CT molecular complexity index is 230. The van der Waals surface area contributed by atoms with Gasteiger partial charge in [0, 0.05) is 12.7 Å². The van der Waals surface area contributed by atoms with Gasteiger partial charge in [-0.3, -0.25) is 4.79 Å². The molecular formula is C7H14O4S. The van der Waals surface area contributed by atoms with E-state index in [1.807, 2.05) is 6.92 Å². The average molecular weight is 194 g/mol. The summed E-state index contributed by atoms with van der Waals surface area (Å²) in [5, 5.41) is 0. The van der Waals surface area contributed by atoms with Crippen LogP contribution in [0.2, 0.25) is 0 Å². The van der Waals surface area contributed by atoms with Crippen LogP contribution in [0, 0.1) is 0 Å². The molecule has 0 aliphatic rings. The smallest absolute Gasteiger partial charge is 0.305 e. The molecule has 0 fully saturated rings. The second-order valence-corrected chi connectivity index (χ2v) is 4.86. The molecule has 72 valence electrons. The molecule has 0 amide bonds. The minimum atomic E-state index is -3.01. The molecule has 0 radical (unpaired) electrons. The van der Waals surface area contributed by atoms with Crippen LogP contribution in [0.1, 0.15) is 19.8 Å². The van der Waals surface area contributed by atoms with Crippen molar-refractivity contribution in [3.63, 3.8) is 0 Å². The Kier molecular flexibility index (Phi) is 4.89. The summed E-state index contributed by atoms with van der Waals surface area (Å²) in [5.74, 6) is -0.427. The number of hydrogen-bond acceptors (Lipinski definition) is 4. The van der Waals surface area contributed by atoms with Crippen LogP contribution in [0.4, 0.5) is 0 Å². The van der Waals surface area contributed by atoms with Gasteiger partial charge in [0.05, 0.1) is 5.75 Å². The topological polar surface area (TPSA) is 60.4 Å². The lowest BCUT2D eigenvalue weighted by Crippen LogP contribution is -2.13. The molecule has 0 aromatic rings. The summed E-state index contributed by atoms with van der Waals surface area (Å²) >= 11 is 0. The molecule has 0 aromatic carbocycles. The van der Waals surface area contributed by atoms with Crippen molar-refractivity contribution < 1.29 is 17.9 Å². The third-order valence-electron chi connectivity index (χ3n) is 1.17. The molecule has 0 aromatic heterocycles. The molecule has 0 bridgehead atoms. The van der Waals surface area contributed by atoms with Crippen LogP contribution in [0.15, 0.2) is 0 Å². The van der Waals surface area contributed by atoms with Crippen molar-refractivity contribution >= 4 is 15.8 Å². The van der Waals surface area contributed by atoms with Crippen LogP contribution >= 0.6 is 0 Å². The van der Waals surface area contributed by atoms with E-state index in [2.05, 4.69) is 4.74 Å². The first-order valence-electron chi connectivity index (χ1n) is 3.79. The number of sulfone groups is 1. The monoisotopic (exact) mass is 194 g/mol. The number of esters is 1. The van der Waals surface area contributed by atoms with Gasteiger partial charge in [-0.15, -0.1) is 0 Å². The Morgan fingerprint density at radius 2 is 2.00 bits per heavy atom. The Balaban J connectivity index is 3.51. The number of hydrogen-bond donors (Lipinski definition) is 0. The largest absolute Gasteiger partial charge is 0.465 e. The number of carbonyl (C=O) groups is 1. The van der Waals surface area contributed by atoms with Gasteiger partial charge in [-0.1, -0.05) is 6.92 Å². The molecule has 12 heavy (non-hydrogen) atoms. The molecule has 0 heterocycles. The van der Waals surface area contributed by atoms with E-state index in [0.717, 1.165) is 12.7 Å². The van der Waals surface area contributed by atoms with Crippen LogP contribution in [-0.4, -0.2) is 33.0 Å². The Labute approximate surface area is 72.8 Å². The zero-order valence-corrected chi connectivity index (χ0v) is 8.19. The molecule has 0 aliphatic heterocycles. The lowest BCUT2D eigenvalue weighted by molar-refractivity contribution is -0.143. The van der Waals surface area contributed by atoms with E-state index >= 15 is 0 Å². The van der Waals surface area contributed by atoms with Crippen LogP contribution < -0.4 is 0 Å². The quantitative estimate of drug-likeness (QED) is 0.593. The molecule has 0 atom stereocenters. The summed E-state index contributed by atoms with van der Waals surface area (Å²) in [6.45, 7) is 1.83. The normalized spacial score (nSPS) is 11.2. The molecule has 0 saturated heterocycles. The van der Waals surface area contributed by atoms with E-state index in [1.165, 1.54) is 0 Å². The lowest BCUT2D eigenvalue weighted by Gasteiger charge is -2.01. The van der Waals surface area contributed by atoms with E-state index in [1.54, 1.807) is 0 Å². The summed E-state index contributed by atoms with van der Waals surface area (Å²) in [5.41, 5.74) is 0. The van der Waals surface area contributed by atoms with Gasteiger partial charge in [-0.2, -0.15) is 0 Å². The fourth-order valence-electron chi connectivity index (χ4n) is 0.583. The standard InChI is InChI=1S/C7H14O4S/c1-3-4-7(8)11-5-6-12(2,9)10/h3-6H2,1-2H3. The van der Waals surface area contributed by atoms with E-state index in [0.29, 0.717) is 6.42 Å². The van der Waals surface area contributed by atoms with Gasteiger partial charge in [0.2, 0.25) is 0 Å². The summed E-state index contributed by atoms with van der Waals surface area (Å²) in [7, 11) is -3.01. The maximum Gasteiger partial charge on any atom is 0.305 e. The first-order valence-corrected chi connectivity index (χ1v) is 5.85. The molecule has 0 unspecified atom stereocenters. The third-order valence-corrected chi connectivity index (χ3v) is 2.08. The number of carbonyl (C=O) groups excluding carboxylic acids is 1. The highest BCUT2D eigenvalue weighted by molar-refractivity contribution is 7.90. The van der Waals surface area contributed by atoms with Crippen LogP contribution in [0.25, 0.3) is 0 Å². The van der Waals surface area contributed by atoms with E-state index in [-0.39, 0.29) is 18.3 Å². The van der Waals surface area contributed by atoms with Crippen molar-refractivity contribution in [3.8, 4) is 0 Å². The van der Waals surface area contributed by atoms with Crippen LogP contribution in [0.3, 0.4) is 0 Å². The zero-order chi connectivity index (χ0) is 9.61. The van der Waals surface area contributed by atoms with Crippen molar-refractivity contribution in [3.05, 3.63) is 0 Å². The molecule has 0 N–H and O–H groups in total. The van der Waals surface area contributed by atoms with Crippen molar-refractivity contribution in [1.82, 2.24) is 0 Å². The van der Waals surface area contributed by atoms with Crippen molar-refractivity contribution in [2.24, 2.45) is 0 Å². The molecular weight excluding hydrogens is 180 g/mol. The van der Waals surface area contributed by atoms with Gasteiger partial charge in [0.1, 0.15) is 6.61 Å². The average Bonchev–Trinajstić information content (AvgIpc) is 1.84. The van der Waals surface area contributed by atoms with Crippen LogP contribution in [0.5, 0.6) is 0 Å². The SMILES string of the molecule is CCCC(=O)OCCS(C)(=O)=O. The second kappa shape index (κ2) is 5.13. The minimum Gasteiger partial charge on any atom is -0.465 e. The molecule has 0 saturated carbocycles. The highest BCUT2D eigenvalue weighted by Crippen LogP contribution is 1.92. The van der Waals surface area contributed by atoms with Crippen molar-refractivity contribution in [2.45, 2.75) is 19.8 Å². The Morgan fingerprint density at radius 3 is 2.42 bits per heavy atom. The zero-order valence-electron chi connectivity index (χ0n) is 7.37. The van der Waals surface area contributed by atoms with Crippen LogP contribution in [-0.2, 0) is 19.4 Å². The summed E-state index contributed by atoms with van der Waals surface area (Å²) < 4.78 is 25.8. The fraction of sp³-hybridized carbons (Fsp3) is 0.857. The first kappa shape index (κ1) is 11.4. The predicted molar refractivity (Wildman–Crippen MR) is 45.6 cm³/mol. The highest BCUT2D eigenvalue weighted by Gasteiger charge is 2.04.